The van der Waals surface area contributed by atoms with Crippen molar-refractivity contribution in [1.82, 2.24) is 20.3 Å². The second-order valence-corrected chi connectivity index (χ2v) is 9.28. The molecule has 3 aromatic heterocycles. The molecule has 0 aliphatic heterocycles. The summed E-state index contributed by atoms with van der Waals surface area (Å²) in [6, 6.07) is 13.4. The van der Waals surface area contributed by atoms with E-state index in [-0.39, 0.29) is 16.7 Å². The molecular weight excluding hydrogens is 444 g/mol. The molecule has 1 aromatic carbocycles. The largest absolute Gasteiger partial charge is 0.481 e. The first-order valence-electron chi connectivity index (χ1n) is 9.99. The van der Waals surface area contributed by atoms with Crippen LogP contribution in [0.1, 0.15) is 18.3 Å². The maximum Gasteiger partial charge on any atom is 0.260 e. The number of pyridine rings is 1. The molecule has 0 unspecified atom stereocenters. The van der Waals surface area contributed by atoms with E-state index in [1.165, 1.54) is 23.1 Å². The number of aromatic amines is 1. The Morgan fingerprint density at radius 3 is 2.78 bits per heavy atom. The summed E-state index contributed by atoms with van der Waals surface area (Å²) >= 11 is 2.88. The van der Waals surface area contributed by atoms with Gasteiger partial charge in [0.25, 0.3) is 5.56 Å². The highest BCUT2D eigenvalue weighted by molar-refractivity contribution is 7.99. The highest BCUT2D eigenvalue weighted by Gasteiger charge is 2.16. The molecule has 4 rings (SSSR count). The zero-order valence-corrected chi connectivity index (χ0v) is 19.3. The second kappa shape index (κ2) is 9.97. The standard InChI is InChI=1S/C23H22N4O3S2/c1-14(21(28)25-11-15-8-9-19(30-2)24-10-15)31-13-18-26-22(29)20-17(12-32-23(20)27-18)16-6-4-3-5-7-16/h3-10,12,14H,11,13H2,1-2H3,(H,25,28)(H,26,27,29)/t14-/m1/s1. The lowest BCUT2D eigenvalue weighted by molar-refractivity contribution is -0.120. The van der Waals surface area contributed by atoms with Crippen LogP contribution in [0.3, 0.4) is 0 Å². The van der Waals surface area contributed by atoms with Crippen LogP contribution < -0.4 is 15.6 Å². The van der Waals surface area contributed by atoms with Gasteiger partial charge in [-0.05, 0) is 18.1 Å². The molecule has 0 aliphatic rings. The Balaban J connectivity index is 1.38. The molecule has 1 amide bonds. The van der Waals surface area contributed by atoms with E-state index in [4.69, 9.17) is 4.74 Å². The van der Waals surface area contributed by atoms with Gasteiger partial charge in [0, 0.05) is 29.8 Å². The van der Waals surface area contributed by atoms with Gasteiger partial charge in [-0.2, -0.15) is 0 Å². The molecule has 2 N–H and O–H groups in total. The number of aromatic nitrogens is 3. The number of carbonyl (C=O) groups excluding carboxylic acids is 1. The molecule has 0 saturated carbocycles. The van der Waals surface area contributed by atoms with Gasteiger partial charge in [0.05, 0.1) is 23.5 Å². The van der Waals surface area contributed by atoms with Crippen LogP contribution in [0, 0.1) is 0 Å². The van der Waals surface area contributed by atoms with Crippen LogP contribution in [-0.2, 0) is 17.1 Å². The van der Waals surface area contributed by atoms with Crippen molar-refractivity contribution in [3.8, 4) is 17.0 Å². The van der Waals surface area contributed by atoms with E-state index in [2.05, 4.69) is 20.3 Å². The van der Waals surface area contributed by atoms with E-state index in [9.17, 15) is 9.59 Å². The van der Waals surface area contributed by atoms with Crippen molar-refractivity contribution in [1.29, 1.82) is 0 Å². The van der Waals surface area contributed by atoms with Crippen molar-refractivity contribution < 1.29 is 9.53 Å². The van der Waals surface area contributed by atoms with Crippen LogP contribution in [0.25, 0.3) is 21.3 Å². The minimum Gasteiger partial charge on any atom is -0.481 e. The van der Waals surface area contributed by atoms with Gasteiger partial charge in [-0.15, -0.1) is 23.1 Å². The number of hydrogen-bond donors (Lipinski definition) is 2. The Morgan fingerprint density at radius 2 is 2.06 bits per heavy atom. The number of ether oxygens (including phenoxy) is 1. The summed E-state index contributed by atoms with van der Waals surface area (Å²) in [4.78, 5) is 37.5. The monoisotopic (exact) mass is 466 g/mol. The molecule has 1 atom stereocenters. The minimum atomic E-state index is -0.301. The van der Waals surface area contributed by atoms with Gasteiger partial charge < -0.3 is 15.0 Å². The van der Waals surface area contributed by atoms with Crippen molar-refractivity contribution in [2.75, 3.05) is 7.11 Å². The third kappa shape index (κ3) is 5.00. The van der Waals surface area contributed by atoms with Crippen LogP contribution in [-0.4, -0.2) is 33.2 Å². The van der Waals surface area contributed by atoms with Gasteiger partial charge in [-0.25, -0.2) is 9.97 Å². The first-order chi connectivity index (χ1) is 15.5. The number of thiophene rings is 1. The van der Waals surface area contributed by atoms with Crippen molar-refractivity contribution in [2.45, 2.75) is 24.5 Å². The number of carbonyl (C=O) groups is 1. The summed E-state index contributed by atoms with van der Waals surface area (Å²) in [7, 11) is 1.56. The predicted octanol–water partition coefficient (Wildman–Crippen LogP) is 3.99. The Labute approximate surface area is 193 Å². The molecule has 3 heterocycles. The lowest BCUT2D eigenvalue weighted by atomic mass is 10.1. The predicted molar refractivity (Wildman–Crippen MR) is 129 cm³/mol. The topological polar surface area (TPSA) is 97.0 Å². The SMILES string of the molecule is COc1ccc(CNC(=O)[C@@H](C)SCc2nc3scc(-c4ccccc4)c3c(=O)[nH]2)cn1. The lowest BCUT2D eigenvalue weighted by Gasteiger charge is -2.12. The molecular formula is C23H22N4O3S2. The number of thioether (sulfide) groups is 1. The van der Waals surface area contributed by atoms with E-state index in [0.717, 1.165) is 16.7 Å². The van der Waals surface area contributed by atoms with Crippen LogP contribution >= 0.6 is 23.1 Å². The zero-order valence-electron chi connectivity index (χ0n) is 17.6. The normalized spacial score (nSPS) is 11.9. The van der Waals surface area contributed by atoms with E-state index in [0.29, 0.717) is 34.2 Å². The average molecular weight is 467 g/mol. The van der Waals surface area contributed by atoms with Crippen LogP contribution in [0.2, 0.25) is 0 Å². The Bertz CT molecular complexity index is 1270. The molecule has 0 spiro atoms. The van der Waals surface area contributed by atoms with E-state index in [1.807, 2.05) is 48.7 Å². The summed E-state index contributed by atoms with van der Waals surface area (Å²) in [5.74, 6) is 1.44. The minimum absolute atomic E-state index is 0.0864. The third-order valence-corrected chi connectivity index (χ3v) is 6.92. The zero-order chi connectivity index (χ0) is 22.5. The van der Waals surface area contributed by atoms with E-state index >= 15 is 0 Å². The molecule has 7 nitrogen and oxygen atoms in total. The molecule has 32 heavy (non-hydrogen) atoms. The Morgan fingerprint density at radius 1 is 1.25 bits per heavy atom. The Kier molecular flexibility index (Phi) is 6.87. The van der Waals surface area contributed by atoms with Crippen molar-refractivity contribution in [3.05, 3.63) is 75.8 Å². The van der Waals surface area contributed by atoms with Gasteiger partial charge in [0.2, 0.25) is 11.8 Å². The number of nitrogens with zero attached hydrogens (tertiary/aromatic N) is 2. The molecule has 0 fully saturated rings. The fourth-order valence-corrected chi connectivity index (χ4v) is 4.89. The number of benzene rings is 1. The summed E-state index contributed by atoms with van der Waals surface area (Å²) in [5, 5.41) is 5.17. The number of H-pyrrole nitrogens is 1. The first-order valence-corrected chi connectivity index (χ1v) is 11.9. The average Bonchev–Trinajstić information content (AvgIpc) is 3.26. The molecule has 0 radical (unpaired) electrons. The second-order valence-electron chi connectivity index (χ2n) is 7.09. The quantitative estimate of drug-likeness (QED) is 0.408. The lowest BCUT2D eigenvalue weighted by Crippen LogP contribution is -2.30. The van der Waals surface area contributed by atoms with Gasteiger partial charge in [0.15, 0.2) is 0 Å². The van der Waals surface area contributed by atoms with Gasteiger partial charge >= 0.3 is 0 Å². The molecule has 0 bridgehead atoms. The summed E-state index contributed by atoms with van der Waals surface area (Å²) in [6.07, 6.45) is 1.67. The number of nitrogens with one attached hydrogen (secondary N) is 2. The molecule has 4 aromatic rings. The van der Waals surface area contributed by atoms with Gasteiger partial charge in [0.1, 0.15) is 10.7 Å². The summed E-state index contributed by atoms with van der Waals surface area (Å²) < 4.78 is 5.03. The maximum absolute atomic E-state index is 12.7. The number of rotatable bonds is 8. The summed E-state index contributed by atoms with van der Waals surface area (Å²) in [6.45, 7) is 2.22. The number of amides is 1. The smallest absolute Gasteiger partial charge is 0.260 e. The third-order valence-electron chi connectivity index (χ3n) is 4.89. The maximum atomic E-state index is 12.7. The van der Waals surface area contributed by atoms with Crippen molar-refractivity contribution in [3.63, 3.8) is 0 Å². The van der Waals surface area contributed by atoms with E-state index in [1.54, 1.807) is 19.4 Å². The number of hydrogen-bond acceptors (Lipinski definition) is 7. The van der Waals surface area contributed by atoms with Crippen LogP contribution in [0.5, 0.6) is 5.88 Å². The summed E-state index contributed by atoms with van der Waals surface area (Å²) in [5.41, 5.74) is 2.61. The molecule has 164 valence electrons. The fraction of sp³-hybridized carbons (Fsp3) is 0.217. The Hall–Kier alpha value is -3.17. The van der Waals surface area contributed by atoms with E-state index < -0.39 is 0 Å². The molecule has 0 saturated heterocycles. The van der Waals surface area contributed by atoms with Crippen LogP contribution in [0.4, 0.5) is 0 Å². The van der Waals surface area contributed by atoms with Crippen molar-refractivity contribution >= 4 is 39.2 Å². The number of methoxy groups -OCH3 is 1. The van der Waals surface area contributed by atoms with Crippen molar-refractivity contribution in [2.24, 2.45) is 0 Å². The highest BCUT2D eigenvalue weighted by Crippen LogP contribution is 2.30. The first kappa shape index (κ1) is 22.0. The van der Waals surface area contributed by atoms with Crippen LogP contribution in [0.15, 0.2) is 58.8 Å². The molecule has 9 heteroatoms. The fourth-order valence-electron chi connectivity index (χ4n) is 3.14. The highest BCUT2D eigenvalue weighted by atomic mass is 32.2. The molecule has 0 aliphatic carbocycles. The number of fused-ring (bicyclic) bond motifs is 1. The van der Waals surface area contributed by atoms with Gasteiger partial charge in [-0.3, -0.25) is 9.59 Å². The van der Waals surface area contributed by atoms with Gasteiger partial charge in [-0.1, -0.05) is 36.4 Å².